The van der Waals surface area contributed by atoms with Gasteiger partial charge in [0.25, 0.3) is 5.91 Å². The molecule has 0 unspecified atom stereocenters. The Morgan fingerprint density at radius 1 is 1.17 bits per heavy atom. The van der Waals surface area contributed by atoms with Crippen LogP contribution >= 0.6 is 23.2 Å². The van der Waals surface area contributed by atoms with Crippen LogP contribution in [0.3, 0.4) is 0 Å². The number of carbonyl (C=O) groups excluding carboxylic acids is 2. The predicted octanol–water partition coefficient (Wildman–Crippen LogP) is 1.76. The third-order valence-corrected chi connectivity index (χ3v) is 3.51. The van der Waals surface area contributed by atoms with Crippen LogP contribution in [0.25, 0.3) is 0 Å². The minimum atomic E-state index is -0.538. The predicted molar refractivity (Wildman–Crippen MR) is 69.4 cm³/mol. The van der Waals surface area contributed by atoms with Gasteiger partial charge in [0.1, 0.15) is 5.88 Å². The average Bonchev–Trinajstić information content (AvgIpc) is 3.17. The number of hydrogen-bond donors (Lipinski definition) is 2. The first-order valence-electron chi connectivity index (χ1n) is 5.50. The molecule has 1 fully saturated rings. The van der Waals surface area contributed by atoms with E-state index in [-0.39, 0.29) is 11.8 Å². The molecule has 0 aliphatic heterocycles. The summed E-state index contributed by atoms with van der Waals surface area (Å²) >= 11 is 11.1. The molecule has 4 nitrogen and oxygen atoms in total. The average molecular weight is 287 g/mol. The standard InChI is InChI=1S/C12H12Cl2N2O2/c13-7-10(17)15-16-11(18)12(5-6-12)8-1-3-9(14)4-2-8/h1-4H,5-7H2,(H,15,17)(H,16,18). The Kier molecular flexibility index (Phi) is 3.78. The summed E-state index contributed by atoms with van der Waals surface area (Å²) in [5, 5.41) is 0.630. The van der Waals surface area contributed by atoms with Gasteiger partial charge in [-0.05, 0) is 30.5 Å². The second kappa shape index (κ2) is 5.16. The van der Waals surface area contributed by atoms with Crippen LogP contribution in [0.2, 0.25) is 5.02 Å². The Balaban J connectivity index is 2.05. The van der Waals surface area contributed by atoms with Crippen molar-refractivity contribution in [1.82, 2.24) is 10.9 Å². The van der Waals surface area contributed by atoms with Crippen molar-refractivity contribution in [3.63, 3.8) is 0 Å². The van der Waals surface area contributed by atoms with Gasteiger partial charge in [0, 0.05) is 5.02 Å². The molecule has 2 rings (SSSR count). The van der Waals surface area contributed by atoms with Crippen molar-refractivity contribution in [2.45, 2.75) is 18.3 Å². The molecule has 2 amide bonds. The van der Waals surface area contributed by atoms with Gasteiger partial charge in [-0.1, -0.05) is 23.7 Å². The van der Waals surface area contributed by atoms with Crippen LogP contribution in [0.15, 0.2) is 24.3 Å². The molecule has 1 aliphatic rings. The fourth-order valence-corrected chi connectivity index (χ4v) is 2.01. The highest BCUT2D eigenvalue weighted by Gasteiger charge is 2.51. The molecule has 0 spiro atoms. The normalized spacial score (nSPS) is 15.9. The quantitative estimate of drug-likeness (QED) is 0.657. The lowest BCUT2D eigenvalue weighted by atomic mass is 9.95. The van der Waals surface area contributed by atoms with Gasteiger partial charge >= 0.3 is 0 Å². The summed E-state index contributed by atoms with van der Waals surface area (Å²) in [4.78, 5) is 23.0. The molecule has 1 saturated carbocycles. The zero-order valence-electron chi connectivity index (χ0n) is 9.50. The van der Waals surface area contributed by atoms with E-state index in [1.165, 1.54) is 0 Å². The minimum absolute atomic E-state index is 0.186. The van der Waals surface area contributed by atoms with E-state index in [9.17, 15) is 9.59 Å². The SMILES string of the molecule is O=C(CCl)NNC(=O)C1(c2ccc(Cl)cc2)CC1. The second-order valence-electron chi connectivity index (χ2n) is 4.22. The number of rotatable bonds is 3. The summed E-state index contributed by atoms with van der Waals surface area (Å²) in [7, 11) is 0. The van der Waals surface area contributed by atoms with E-state index in [1.807, 2.05) is 12.1 Å². The Bertz CT molecular complexity index is 469. The highest BCUT2D eigenvalue weighted by atomic mass is 35.5. The number of benzene rings is 1. The van der Waals surface area contributed by atoms with Gasteiger partial charge in [-0.3, -0.25) is 20.4 Å². The third-order valence-electron chi connectivity index (χ3n) is 3.02. The first kappa shape index (κ1) is 13.2. The van der Waals surface area contributed by atoms with E-state index in [4.69, 9.17) is 23.2 Å². The van der Waals surface area contributed by atoms with E-state index in [2.05, 4.69) is 10.9 Å². The van der Waals surface area contributed by atoms with Gasteiger partial charge in [-0.2, -0.15) is 0 Å². The molecule has 96 valence electrons. The molecule has 0 heterocycles. The fourth-order valence-electron chi connectivity index (χ4n) is 1.82. The molecule has 0 aromatic heterocycles. The van der Waals surface area contributed by atoms with Crippen molar-refractivity contribution in [1.29, 1.82) is 0 Å². The Hall–Kier alpha value is -1.26. The molecule has 1 aromatic rings. The summed E-state index contributed by atoms with van der Waals surface area (Å²) in [5.74, 6) is -0.839. The highest BCUT2D eigenvalue weighted by Crippen LogP contribution is 2.48. The number of halogens is 2. The molecular weight excluding hydrogens is 275 g/mol. The zero-order chi connectivity index (χ0) is 13.2. The van der Waals surface area contributed by atoms with Crippen molar-refractivity contribution in [3.05, 3.63) is 34.9 Å². The summed E-state index contributed by atoms with van der Waals surface area (Å²) in [5.41, 5.74) is 5.03. The van der Waals surface area contributed by atoms with Crippen molar-refractivity contribution in [2.24, 2.45) is 0 Å². The smallest absolute Gasteiger partial charge is 0.253 e. The van der Waals surface area contributed by atoms with E-state index in [1.54, 1.807) is 12.1 Å². The van der Waals surface area contributed by atoms with Crippen molar-refractivity contribution in [2.75, 3.05) is 5.88 Å². The first-order chi connectivity index (χ1) is 8.58. The molecule has 2 N–H and O–H groups in total. The van der Waals surface area contributed by atoms with Gasteiger partial charge in [0.2, 0.25) is 5.91 Å². The third kappa shape index (κ3) is 2.60. The molecular formula is C12H12Cl2N2O2. The van der Waals surface area contributed by atoms with E-state index in [0.29, 0.717) is 5.02 Å². The highest BCUT2D eigenvalue weighted by molar-refractivity contribution is 6.30. The van der Waals surface area contributed by atoms with Crippen LogP contribution in [-0.2, 0) is 15.0 Å². The maximum atomic E-state index is 12.0. The van der Waals surface area contributed by atoms with Crippen molar-refractivity contribution < 1.29 is 9.59 Å². The molecule has 18 heavy (non-hydrogen) atoms. The first-order valence-corrected chi connectivity index (χ1v) is 6.41. The van der Waals surface area contributed by atoms with Crippen LogP contribution in [0.1, 0.15) is 18.4 Å². The lowest BCUT2D eigenvalue weighted by molar-refractivity contribution is -0.129. The Morgan fingerprint density at radius 3 is 2.28 bits per heavy atom. The molecule has 0 atom stereocenters. The summed E-state index contributed by atoms with van der Waals surface area (Å²) in [6.45, 7) is 0. The number of amides is 2. The summed E-state index contributed by atoms with van der Waals surface area (Å²) in [6.07, 6.45) is 1.52. The number of hydrogen-bond acceptors (Lipinski definition) is 2. The van der Waals surface area contributed by atoms with Gasteiger partial charge in [0.15, 0.2) is 0 Å². The monoisotopic (exact) mass is 286 g/mol. The maximum Gasteiger partial charge on any atom is 0.253 e. The van der Waals surface area contributed by atoms with Gasteiger partial charge in [-0.25, -0.2) is 0 Å². The minimum Gasteiger partial charge on any atom is -0.272 e. The molecule has 0 saturated heterocycles. The Labute approximate surface area is 115 Å². The number of alkyl halides is 1. The number of carbonyl (C=O) groups is 2. The second-order valence-corrected chi connectivity index (χ2v) is 4.93. The summed E-state index contributed by atoms with van der Waals surface area (Å²) < 4.78 is 0. The zero-order valence-corrected chi connectivity index (χ0v) is 11.0. The topological polar surface area (TPSA) is 58.2 Å². The van der Waals surface area contributed by atoms with E-state index in [0.717, 1.165) is 18.4 Å². The van der Waals surface area contributed by atoms with E-state index >= 15 is 0 Å². The molecule has 6 heteroatoms. The molecule has 0 radical (unpaired) electrons. The van der Waals surface area contributed by atoms with Gasteiger partial charge < -0.3 is 0 Å². The van der Waals surface area contributed by atoms with E-state index < -0.39 is 11.3 Å². The van der Waals surface area contributed by atoms with Crippen molar-refractivity contribution in [3.8, 4) is 0 Å². The van der Waals surface area contributed by atoms with Gasteiger partial charge in [-0.15, -0.1) is 11.6 Å². The van der Waals surface area contributed by atoms with Crippen LogP contribution < -0.4 is 10.9 Å². The Morgan fingerprint density at radius 2 is 1.78 bits per heavy atom. The van der Waals surface area contributed by atoms with Crippen LogP contribution in [0.5, 0.6) is 0 Å². The number of hydrazine groups is 1. The summed E-state index contributed by atoms with van der Waals surface area (Å²) in [6, 6.07) is 7.17. The maximum absolute atomic E-state index is 12.0. The molecule has 0 bridgehead atoms. The van der Waals surface area contributed by atoms with Crippen LogP contribution in [0, 0.1) is 0 Å². The lowest BCUT2D eigenvalue weighted by Crippen LogP contribution is -2.47. The van der Waals surface area contributed by atoms with Crippen molar-refractivity contribution >= 4 is 35.0 Å². The van der Waals surface area contributed by atoms with Gasteiger partial charge in [0.05, 0.1) is 5.41 Å². The number of nitrogens with one attached hydrogen (secondary N) is 2. The largest absolute Gasteiger partial charge is 0.272 e. The van der Waals surface area contributed by atoms with Crippen LogP contribution in [0.4, 0.5) is 0 Å². The fraction of sp³-hybridized carbons (Fsp3) is 0.333. The molecule has 1 aliphatic carbocycles. The van der Waals surface area contributed by atoms with Crippen LogP contribution in [-0.4, -0.2) is 17.7 Å². The lowest BCUT2D eigenvalue weighted by Gasteiger charge is -2.15. The molecule has 1 aromatic carbocycles.